The molecule has 0 aliphatic carbocycles. The molecule has 1 unspecified atom stereocenters. The van der Waals surface area contributed by atoms with E-state index in [-0.39, 0.29) is 42.4 Å². The second kappa shape index (κ2) is 11.3. The smallest absolute Gasteiger partial charge is 0.235 e. The van der Waals surface area contributed by atoms with Crippen LogP contribution in [0.25, 0.3) is 10.8 Å². The van der Waals surface area contributed by atoms with Gasteiger partial charge in [-0.05, 0) is 78.5 Å². The minimum atomic E-state index is -3.49. The minimum Gasteiger partial charge on any atom is -0.492 e. The van der Waals surface area contributed by atoms with Gasteiger partial charge in [0.05, 0.1) is 17.5 Å². The number of hydrogen-bond donors (Lipinski definition) is 3. The minimum absolute atomic E-state index is 0. The number of rotatable bonds is 7. The monoisotopic (exact) mass is 550 g/mol. The summed E-state index contributed by atoms with van der Waals surface area (Å²) in [6.07, 6.45) is 2.86. The van der Waals surface area contributed by atoms with Gasteiger partial charge in [-0.25, -0.2) is 8.42 Å². The van der Waals surface area contributed by atoms with Gasteiger partial charge in [0.15, 0.2) is 0 Å². The lowest BCUT2D eigenvalue weighted by Gasteiger charge is -2.27. The van der Waals surface area contributed by atoms with Crippen LogP contribution in [-0.2, 0) is 16.4 Å². The number of nitrogen functional groups attached to an aromatic ring is 1. The molecule has 7 nitrogen and oxygen atoms in total. The first-order valence-electron chi connectivity index (χ1n) is 11.7. The summed E-state index contributed by atoms with van der Waals surface area (Å²) < 4.78 is 34.0. The van der Waals surface area contributed by atoms with E-state index >= 15 is 0 Å². The molecule has 1 fully saturated rings. The molecule has 3 aromatic carbocycles. The quantitative estimate of drug-likeness (QED) is 0.295. The standard InChI is InChI=1S/C26H30N4O3S.2ClH/c1-2-34(31,32)30-24-10-9-23(33-16-22-4-3-11-29-22)14-21(24)15-25(30)18-7-5-17-6-8-19(26(27)28)13-20(17)12-18;;/h5-10,12-14,22,25,29H,2-4,11,15-16H2,1H3,(H3,27,28);2*1H/t22-,25?;;/m1../s1. The van der Waals surface area contributed by atoms with Crippen LogP contribution >= 0.6 is 24.8 Å². The molecule has 2 aliphatic rings. The Labute approximate surface area is 224 Å². The van der Waals surface area contributed by atoms with E-state index in [1.807, 2.05) is 54.6 Å². The summed E-state index contributed by atoms with van der Waals surface area (Å²) in [5.41, 5.74) is 8.93. The summed E-state index contributed by atoms with van der Waals surface area (Å²) in [6, 6.07) is 17.4. The van der Waals surface area contributed by atoms with Gasteiger partial charge in [-0.15, -0.1) is 24.8 Å². The lowest BCUT2D eigenvalue weighted by Crippen LogP contribution is -2.33. The zero-order valence-corrected chi connectivity index (χ0v) is 22.5. The Morgan fingerprint density at radius 3 is 2.58 bits per heavy atom. The zero-order valence-electron chi connectivity index (χ0n) is 20.1. The highest BCUT2D eigenvalue weighted by Crippen LogP contribution is 2.44. The fraction of sp³-hybridized carbons (Fsp3) is 0.346. The molecule has 2 aliphatic heterocycles. The largest absolute Gasteiger partial charge is 0.492 e. The molecule has 194 valence electrons. The number of ether oxygens (including phenoxy) is 1. The molecule has 2 heterocycles. The van der Waals surface area contributed by atoms with Crippen LogP contribution < -0.4 is 20.1 Å². The maximum absolute atomic E-state index is 13.2. The Morgan fingerprint density at radius 1 is 1.11 bits per heavy atom. The molecule has 5 rings (SSSR count). The van der Waals surface area contributed by atoms with Crippen LogP contribution in [0.5, 0.6) is 5.75 Å². The summed E-state index contributed by atoms with van der Waals surface area (Å²) >= 11 is 0. The second-order valence-electron chi connectivity index (χ2n) is 9.05. The van der Waals surface area contributed by atoms with Crippen molar-refractivity contribution in [1.29, 1.82) is 5.41 Å². The highest BCUT2D eigenvalue weighted by Gasteiger charge is 2.38. The number of nitrogens with zero attached hydrogens (tertiary/aromatic N) is 1. The lowest BCUT2D eigenvalue weighted by molar-refractivity contribution is 0.277. The van der Waals surface area contributed by atoms with E-state index in [4.69, 9.17) is 15.9 Å². The van der Waals surface area contributed by atoms with E-state index in [2.05, 4.69) is 5.32 Å². The van der Waals surface area contributed by atoms with E-state index < -0.39 is 10.0 Å². The molecule has 0 bridgehead atoms. The van der Waals surface area contributed by atoms with E-state index in [9.17, 15) is 8.42 Å². The van der Waals surface area contributed by atoms with E-state index in [0.717, 1.165) is 46.3 Å². The summed E-state index contributed by atoms with van der Waals surface area (Å²) in [7, 11) is -3.49. The van der Waals surface area contributed by atoms with Crippen molar-refractivity contribution in [3.63, 3.8) is 0 Å². The number of nitrogens with two attached hydrogens (primary N) is 1. The number of sulfonamides is 1. The van der Waals surface area contributed by atoms with E-state index in [1.54, 1.807) is 11.2 Å². The summed E-state index contributed by atoms with van der Waals surface area (Å²) in [6.45, 7) is 3.32. The highest BCUT2D eigenvalue weighted by atomic mass is 35.5. The average molecular weight is 552 g/mol. The Kier molecular flexibility index (Phi) is 8.77. The van der Waals surface area contributed by atoms with Gasteiger partial charge in [-0.2, -0.15) is 0 Å². The van der Waals surface area contributed by atoms with Crippen molar-refractivity contribution in [1.82, 2.24) is 5.32 Å². The Balaban J connectivity index is 0.00000180. The first kappa shape index (κ1) is 28.1. The van der Waals surface area contributed by atoms with E-state index in [1.165, 1.54) is 6.42 Å². The Morgan fingerprint density at radius 2 is 1.89 bits per heavy atom. The van der Waals surface area contributed by atoms with Crippen LogP contribution in [0.1, 0.15) is 42.5 Å². The van der Waals surface area contributed by atoms with Crippen LogP contribution in [0.15, 0.2) is 54.6 Å². The van der Waals surface area contributed by atoms with Crippen molar-refractivity contribution in [3.05, 3.63) is 71.3 Å². The number of nitrogens with one attached hydrogen (secondary N) is 2. The average Bonchev–Trinajstić information content (AvgIpc) is 3.49. The normalized spacial score (nSPS) is 18.9. The van der Waals surface area contributed by atoms with Gasteiger partial charge in [0.1, 0.15) is 18.2 Å². The topological polar surface area (TPSA) is 109 Å². The van der Waals surface area contributed by atoms with Gasteiger partial charge in [0, 0.05) is 18.0 Å². The third-order valence-corrected chi connectivity index (χ3v) is 8.60. The number of fused-ring (bicyclic) bond motifs is 2. The molecule has 3 aromatic rings. The number of anilines is 1. The third-order valence-electron chi connectivity index (χ3n) is 6.82. The van der Waals surface area contributed by atoms with Crippen LogP contribution in [0.4, 0.5) is 5.69 Å². The number of amidine groups is 1. The Hall–Kier alpha value is -2.52. The van der Waals surface area contributed by atoms with Crippen molar-refractivity contribution in [3.8, 4) is 5.75 Å². The predicted molar refractivity (Wildman–Crippen MR) is 151 cm³/mol. The molecular formula is C26H32Cl2N4O3S. The van der Waals surface area contributed by atoms with Crippen LogP contribution in [0, 0.1) is 5.41 Å². The fourth-order valence-electron chi connectivity index (χ4n) is 4.96. The van der Waals surface area contributed by atoms with Crippen LogP contribution in [-0.4, -0.2) is 39.2 Å². The summed E-state index contributed by atoms with van der Waals surface area (Å²) in [4.78, 5) is 0. The molecule has 0 radical (unpaired) electrons. The zero-order chi connectivity index (χ0) is 23.9. The van der Waals surface area contributed by atoms with Crippen LogP contribution in [0.3, 0.4) is 0 Å². The molecule has 0 aromatic heterocycles. The number of benzene rings is 3. The maximum Gasteiger partial charge on any atom is 0.235 e. The van der Waals surface area contributed by atoms with Crippen molar-refractivity contribution in [2.24, 2.45) is 5.73 Å². The van der Waals surface area contributed by atoms with Gasteiger partial charge in [-0.1, -0.05) is 24.3 Å². The van der Waals surface area contributed by atoms with Crippen molar-refractivity contribution in [2.75, 3.05) is 23.2 Å². The predicted octanol–water partition coefficient (Wildman–Crippen LogP) is 4.55. The molecule has 4 N–H and O–H groups in total. The molecule has 0 saturated carbocycles. The molecular weight excluding hydrogens is 519 g/mol. The van der Waals surface area contributed by atoms with Gasteiger partial charge in [-0.3, -0.25) is 9.71 Å². The van der Waals surface area contributed by atoms with Gasteiger partial charge in [0.25, 0.3) is 0 Å². The first-order valence-corrected chi connectivity index (χ1v) is 13.4. The van der Waals surface area contributed by atoms with Gasteiger partial charge < -0.3 is 15.8 Å². The van der Waals surface area contributed by atoms with Crippen molar-refractivity contribution < 1.29 is 13.2 Å². The van der Waals surface area contributed by atoms with Gasteiger partial charge in [0.2, 0.25) is 10.0 Å². The van der Waals surface area contributed by atoms with E-state index in [0.29, 0.717) is 24.6 Å². The summed E-state index contributed by atoms with van der Waals surface area (Å²) in [5, 5.41) is 13.1. The molecule has 2 atom stereocenters. The molecule has 1 saturated heterocycles. The molecule has 0 spiro atoms. The molecule has 0 amide bonds. The maximum atomic E-state index is 13.2. The van der Waals surface area contributed by atoms with Crippen LogP contribution in [0.2, 0.25) is 0 Å². The summed E-state index contributed by atoms with van der Waals surface area (Å²) in [5.74, 6) is 0.805. The third kappa shape index (κ3) is 5.42. The number of halogens is 2. The fourth-order valence-corrected chi connectivity index (χ4v) is 6.30. The highest BCUT2D eigenvalue weighted by molar-refractivity contribution is 7.92. The van der Waals surface area contributed by atoms with Crippen molar-refractivity contribution in [2.45, 2.75) is 38.3 Å². The first-order chi connectivity index (χ1) is 16.4. The van der Waals surface area contributed by atoms with Crippen molar-refractivity contribution >= 4 is 57.1 Å². The molecule has 10 heteroatoms. The SMILES string of the molecule is CCS(=O)(=O)N1c2ccc(OC[C@H]3CCCN3)cc2CC1c1ccc2ccc(C(=N)N)cc2c1.Cl.Cl. The Bertz CT molecular complexity index is 1360. The second-order valence-corrected chi connectivity index (χ2v) is 11.2. The number of hydrogen-bond acceptors (Lipinski definition) is 5. The molecule has 36 heavy (non-hydrogen) atoms. The van der Waals surface area contributed by atoms with Gasteiger partial charge >= 0.3 is 0 Å². The lowest BCUT2D eigenvalue weighted by atomic mass is 9.98.